The molecule has 0 saturated carbocycles. The maximum absolute atomic E-state index is 5.09. The van der Waals surface area contributed by atoms with Gasteiger partial charge in [0.05, 0.1) is 0 Å². The van der Waals surface area contributed by atoms with Gasteiger partial charge in [-0.1, -0.05) is 141 Å². The van der Waals surface area contributed by atoms with E-state index < -0.39 is 0 Å². The van der Waals surface area contributed by atoms with Gasteiger partial charge >= 0.3 is 0 Å². The topological polar surface area (TPSA) is 38.7 Å². The highest BCUT2D eigenvalue weighted by molar-refractivity contribution is 5.89. The van der Waals surface area contributed by atoms with Gasteiger partial charge in [-0.2, -0.15) is 0 Å². The number of aromatic nitrogens is 3. The lowest BCUT2D eigenvalue weighted by Crippen LogP contribution is -2.14. The fourth-order valence-corrected chi connectivity index (χ4v) is 7.14. The molecule has 3 nitrogen and oxygen atoms in total. The Bertz CT molecular complexity index is 2410. The second kappa shape index (κ2) is 10.6. The minimum absolute atomic E-state index is 0.0583. The van der Waals surface area contributed by atoms with Crippen LogP contribution in [-0.4, -0.2) is 15.0 Å². The van der Waals surface area contributed by atoms with Crippen molar-refractivity contribution in [3.63, 3.8) is 0 Å². The molecule has 7 aromatic carbocycles. The zero-order chi connectivity index (χ0) is 31.5. The van der Waals surface area contributed by atoms with Crippen LogP contribution in [0.4, 0.5) is 0 Å². The number of nitrogens with zero attached hydrogens (tertiary/aromatic N) is 3. The van der Waals surface area contributed by atoms with E-state index in [2.05, 4.69) is 166 Å². The monoisotopic (exact) mass is 601 g/mol. The van der Waals surface area contributed by atoms with Crippen molar-refractivity contribution in [2.45, 2.75) is 19.3 Å². The molecule has 0 spiro atoms. The van der Waals surface area contributed by atoms with Gasteiger partial charge < -0.3 is 0 Å². The van der Waals surface area contributed by atoms with E-state index in [-0.39, 0.29) is 5.41 Å². The minimum Gasteiger partial charge on any atom is -0.208 e. The summed E-state index contributed by atoms with van der Waals surface area (Å²) >= 11 is 0. The van der Waals surface area contributed by atoms with Crippen molar-refractivity contribution in [3.05, 3.63) is 163 Å². The SMILES string of the molecule is CC1(C)c2ccccc2-c2ccc(-c3cccc(-c4nc(-c5ccc6ccccc6c5)nc(-c5ccc6ccccc6c5)n4)c3)cc21. The summed E-state index contributed by atoms with van der Waals surface area (Å²) in [7, 11) is 0. The normalized spacial score (nSPS) is 13.1. The molecule has 1 aliphatic rings. The van der Waals surface area contributed by atoms with Crippen molar-refractivity contribution in [1.29, 1.82) is 0 Å². The summed E-state index contributed by atoms with van der Waals surface area (Å²) in [5.74, 6) is 1.97. The van der Waals surface area contributed by atoms with Crippen LogP contribution in [0.25, 0.3) is 78.0 Å². The number of hydrogen-bond acceptors (Lipinski definition) is 3. The Morgan fingerprint density at radius 2 is 0.809 bits per heavy atom. The summed E-state index contributed by atoms with van der Waals surface area (Å²) in [6.07, 6.45) is 0. The summed E-state index contributed by atoms with van der Waals surface area (Å²) in [5.41, 5.74) is 10.5. The Morgan fingerprint density at radius 3 is 1.45 bits per heavy atom. The van der Waals surface area contributed by atoms with E-state index in [4.69, 9.17) is 15.0 Å². The number of rotatable bonds is 4. The maximum atomic E-state index is 5.09. The minimum atomic E-state index is -0.0583. The highest BCUT2D eigenvalue weighted by Crippen LogP contribution is 2.49. The smallest absolute Gasteiger partial charge is 0.164 e. The van der Waals surface area contributed by atoms with Crippen LogP contribution in [0.3, 0.4) is 0 Å². The van der Waals surface area contributed by atoms with Crippen LogP contribution in [0.2, 0.25) is 0 Å². The Morgan fingerprint density at radius 1 is 0.340 bits per heavy atom. The predicted octanol–water partition coefficient (Wildman–Crippen LogP) is 11.2. The Hall–Kier alpha value is -5.93. The van der Waals surface area contributed by atoms with Crippen LogP contribution in [0.15, 0.2) is 152 Å². The molecule has 222 valence electrons. The number of fused-ring (bicyclic) bond motifs is 5. The summed E-state index contributed by atoms with van der Waals surface area (Å²) < 4.78 is 0. The molecule has 9 rings (SSSR count). The molecule has 0 amide bonds. The average molecular weight is 602 g/mol. The summed E-state index contributed by atoms with van der Waals surface area (Å²) in [6.45, 7) is 4.65. The van der Waals surface area contributed by atoms with Crippen molar-refractivity contribution in [1.82, 2.24) is 15.0 Å². The molecule has 0 unspecified atom stereocenters. The van der Waals surface area contributed by atoms with E-state index in [9.17, 15) is 0 Å². The molecule has 0 atom stereocenters. The quantitative estimate of drug-likeness (QED) is 0.201. The third kappa shape index (κ3) is 4.62. The third-order valence-corrected chi connectivity index (χ3v) is 9.69. The van der Waals surface area contributed by atoms with E-state index in [1.54, 1.807) is 0 Å². The first-order valence-corrected chi connectivity index (χ1v) is 16.1. The lowest BCUT2D eigenvalue weighted by molar-refractivity contribution is 0.660. The fraction of sp³-hybridized carbons (Fsp3) is 0.0682. The lowest BCUT2D eigenvalue weighted by Gasteiger charge is -2.22. The third-order valence-electron chi connectivity index (χ3n) is 9.69. The van der Waals surface area contributed by atoms with E-state index in [1.807, 2.05) is 0 Å². The van der Waals surface area contributed by atoms with Crippen molar-refractivity contribution in [2.24, 2.45) is 0 Å². The van der Waals surface area contributed by atoms with E-state index in [0.29, 0.717) is 17.5 Å². The molecule has 1 aliphatic carbocycles. The summed E-state index contributed by atoms with van der Waals surface area (Å²) in [4.78, 5) is 15.2. The standard InChI is InChI=1S/C44H31N3/c1-44(2)39-17-8-7-16-37(39)38-23-22-33(27-40(38)44)32-14-9-15-34(26-32)41-45-42(35-20-18-28-10-3-5-12-30(28)24-35)47-43(46-41)36-21-19-29-11-4-6-13-31(29)25-36/h3-27H,1-2H3. The van der Waals surface area contributed by atoms with E-state index >= 15 is 0 Å². The van der Waals surface area contributed by atoms with Gasteiger partial charge in [0.1, 0.15) is 0 Å². The van der Waals surface area contributed by atoms with Gasteiger partial charge in [-0.3, -0.25) is 0 Å². The van der Waals surface area contributed by atoms with E-state index in [0.717, 1.165) is 33.0 Å². The molecule has 0 bridgehead atoms. The first-order chi connectivity index (χ1) is 23.0. The van der Waals surface area contributed by atoms with Crippen LogP contribution in [0, 0.1) is 0 Å². The van der Waals surface area contributed by atoms with Gasteiger partial charge in [0.2, 0.25) is 0 Å². The molecule has 1 heterocycles. The number of benzene rings is 7. The Balaban J connectivity index is 1.18. The largest absolute Gasteiger partial charge is 0.208 e. The maximum Gasteiger partial charge on any atom is 0.164 e. The van der Waals surface area contributed by atoms with E-state index in [1.165, 1.54) is 38.6 Å². The zero-order valence-electron chi connectivity index (χ0n) is 26.3. The van der Waals surface area contributed by atoms with Gasteiger partial charge in [-0.15, -0.1) is 0 Å². The summed E-state index contributed by atoms with van der Waals surface area (Å²) in [5, 5.41) is 4.69. The van der Waals surface area contributed by atoms with Crippen molar-refractivity contribution in [2.75, 3.05) is 0 Å². The van der Waals surface area contributed by atoms with Gasteiger partial charge in [0, 0.05) is 22.1 Å². The average Bonchev–Trinajstić information content (AvgIpc) is 3.36. The molecule has 1 aromatic heterocycles. The first-order valence-electron chi connectivity index (χ1n) is 16.1. The molecule has 47 heavy (non-hydrogen) atoms. The van der Waals surface area contributed by atoms with Crippen molar-refractivity contribution < 1.29 is 0 Å². The van der Waals surface area contributed by atoms with Crippen LogP contribution in [-0.2, 0) is 5.41 Å². The van der Waals surface area contributed by atoms with Gasteiger partial charge in [0.15, 0.2) is 17.5 Å². The Kier molecular flexibility index (Phi) is 6.16. The molecule has 8 aromatic rings. The Labute approximate surface area is 274 Å². The van der Waals surface area contributed by atoms with Crippen molar-refractivity contribution in [3.8, 4) is 56.4 Å². The van der Waals surface area contributed by atoms with Gasteiger partial charge in [0.25, 0.3) is 0 Å². The molecule has 0 N–H and O–H groups in total. The molecule has 0 fully saturated rings. The van der Waals surface area contributed by atoms with Crippen molar-refractivity contribution >= 4 is 21.5 Å². The zero-order valence-corrected chi connectivity index (χ0v) is 26.3. The molecular weight excluding hydrogens is 571 g/mol. The van der Waals surface area contributed by atoms with Crippen LogP contribution in [0.1, 0.15) is 25.0 Å². The second-order valence-electron chi connectivity index (χ2n) is 12.9. The second-order valence-corrected chi connectivity index (χ2v) is 12.9. The first kappa shape index (κ1) is 27.4. The van der Waals surface area contributed by atoms with Crippen LogP contribution < -0.4 is 0 Å². The lowest BCUT2D eigenvalue weighted by atomic mass is 9.81. The van der Waals surface area contributed by atoms with Crippen LogP contribution in [0.5, 0.6) is 0 Å². The molecular formula is C44H31N3. The molecule has 0 aliphatic heterocycles. The molecule has 3 heteroatoms. The van der Waals surface area contributed by atoms with Crippen LogP contribution >= 0.6 is 0 Å². The summed E-state index contributed by atoms with van der Waals surface area (Å²) in [6, 6.07) is 53.8. The highest BCUT2D eigenvalue weighted by Gasteiger charge is 2.35. The molecule has 0 radical (unpaired) electrons. The van der Waals surface area contributed by atoms with Gasteiger partial charge in [-0.25, -0.2) is 15.0 Å². The number of hydrogen-bond donors (Lipinski definition) is 0. The fourth-order valence-electron chi connectivity index (χ4n) is 7.14. The van der Waals surface area contributed by atoms with Gasteiger partial charge in [-0.05, 0) is 79.2 Å². The highest BCUT2D eigenvalue weighted by atomic mass is 15.0. The molecule has 0 saturated heterocycles. The predicted molar refractivity (Wildman–Crippen MR) is 194 cm³/mol.